The summed E-state index contributed by atoms with van der Waals surface area (Å²) in [7, 11) is -8.71. The molecular weight excluding hydrogens is 574 g/mol. The minimum Gasteiger partial charge on any atom is -0.493 e. The van der Waals surface area contributed by atoms with Crippen molar-refractivity contribution >= 4 is 32.0 Å². The minimum absolute atomic E-state index is 0.0274. The maximum Gasteiger partial charge on any atom is 0.340 e. The van der Waals surface area contributed by atoms with Gasteiger partial charge in [-0.05, 0) is 48.0 Å². The largest absolute Gasteiger partial charge is 0.493 e. The molecule has 0 spiro atoms. The van der Waals surface area contributed by atoms with E-state index in [-0.39, 0.29) is 42.9 Å². The number of hydrogen-bond donors (Lipinski definition) is 2. The van der Waals surface area contributed by atoms with E-state index in [1.54, 1.807) is 31.5 Å². The molecule has 16 heteroatoms. The lowest BCUT2D eigenvalue weighted by atomic mass is 10.2. The van der Waals surface area contributed by atoms with E-state index in [9.17, 15) is 16.8 Å². The zero-order valence-corrected chi connectivity index (χ0v) is 23.9. The van der Waals surface area contributed by atoms with Gasteiger partial charge in [0.2, 0.25) is 21.9 Å². The molecule has 0 radical (unpaired) electrons. The van der Waals surface area contributed by atoms with Crippen LogP contribution in [0.2, 0.25) is 0 Å². The van der Waals surface area contributed by atoms with Crippen LogP contribution in [-0.4, -0.2) is 76.5 Å². The molecule has 1 aromatic heterocycles. The molecule has 0 unspecified atom stereocenters. The zero-order chi connectivity index (χ0) is 29.5. The Bertz CT molecular complexity index is 1570. The molecule has 0 atom stereocenters. The van der Waals surface area contributed by atoms with Crippen molar-refractivity contribution in [2.45, 2.75) is 23.1 Å². The molecule has 0 saturated carbocycles. The van der Waals surface area contributed by atoms with Gasteiger partial charge in [0.1, 0.15) is 27.9 Å². The zero-order valence-electron chi connectivity index (χ0n) is 22.3. The Morgan fingerprint density at radius 1 is 0.902 bits per heavy atom. The van der Waals surface area contributed by atoms with Crippen LogP contribution in [0.15, 0.2) is 75.9 Å². The van der Waals surface area contributed by atoms with Crippen LogP contribution in [0.25, 0.3) is 0 Å². The fourth-order valence-corrected chi connectivity index (χ4v) is 7.16. The summed E-state index contributed by atoms with van der Waals surface area (Å²) in [4.78, 5) is 14.3. The summed E-state index contributed by atoms with van der Waals surface area (Å²) < 4.78 is 66.3. The molecule has 1 saturated heterocycles. The van der Waals surface area contributed by atoms with Gasteiger partial charge in [0, 0.05) is 51.1 Å². The second-order valence-corrected chi connectivity index (χ2v) is 12.4. The third-order valence-electron chi connectivity index (χ3n) is 5.86. The molecule has 41 heavy (non-hydrogen) atoms. The lowest BCUT2D eigenvalue weighted by Crippen LogP contribution is -2.49. The standard InChI is InChI=1S/C25H31N7O7S2/c1-19-16-20(37-14-5-15-38-30-24(26)27)18-21(17-19)39-41(35,36)23-7-3-2-6-22(23)40(33,34)32-12-10-31(11-13-32)25-28-8-4-9-29-25/h2-4,6-9,16-18H,5,10-15H2,1H3,(H4,26,27,30). The summed E-state index contributed by atoms with van der Waals surface area (Å²) in [6.07, 6.45) is 3.68. The van der Waals surface area contributed by atoms with Gasteiger partial charge in [0.05, 0.1) is 6.61 Å². The summed E-state index contributed by atoms with van der Waals surface area (Å²) in [5.74, 6) is 0.642. The van der Waals surface area contributed by atoms with Crippen molar-refractivity contribution in [3.05, 3.63) is 66.5 Å². The SMILES string of the molecule is Cc1cc(OCCCON=C(N)N)cc(OS(=O)(=O)c2ccccc2S(=O)(=O)N2CCN(c3ncccn3)CC2)c1. The minimum atomic E-state index is -4.54. The maximum absolute atomic E-state index is 13.6. The topological polar surface area (TPSA) is 193 Å². The van der Waals surface area contributed by atoms with Gasteiger partial charge in [-0.2, -0.15) is 12.7 Å². The number of nitrogens with two attached hydrogens (primary N) is 2. The second kappa shape index (κ2) is 13.0. The van der Waals surface area contributed by atoms with E-state index in [0.29, 0.717) is 36.8 Å². The van der Waals surface area contributed by atoms with E-state index >= 15 is 0 Å². The highest BCUT2D eigenvalue weighted by atomic mass is 32.2. The first kappa shape index (κ1) is 29.8. The van der Waals surface area contributed by atoms with Gasteiger partial charge in [0.25, 0.3) is 0 Å². The molecule has 2 aromatic carbocycles. The number of anilines is 1. The monoisotopic (exact) mass is 605 g/mol. The highest BCUT2D eigenvalue weighted by Crippen LogP contribution is 2.30. The molecule has 0 aliphatic carbocycles. The molecule has 2 heterocycles. The van der Waals surface area contributed by atoms with Crippen LogP contribution in [0.5, 0.6) is 11.5 Å². The van der Waals surface area contributed by atoms with Gasteiger partial charge in [-0.15, -0.1) is 0 Å². The molecule has 0 amide bonds. The molecule has 1 aliphatic heterocycles. The molecule has 14 nitrogen and oxygen atoms in total. The van der Waals surface area contributed by atoms with Gasteiger partial charge in [-0.1, -0.05) is 12.1 Å². The van der Waals surface area contributed by atoms with Crippen LogP contribution in [0.3, 0.4) is 0 Å². The van der Waals surface area contributed by atoms with Crippen LogP contribution in [0.4, 0.5) is 5.95 Å². The van der Waals surface area contributed by atoms with Crippen molar-refractivity contribution in [1.29, 1.82) is 0 Å². The third kappa shape index (κ3) is 7.74. The predicted molar refractivity (Wildman–Crippen MR) is 150 cm³/mol. The Balaban J connectivity index is 1.47. The van der Waals surface area contributed by atoms with Crippen molar-refractivity contribution in [1.82, 2.24) is 14.3 Å². The predicted octanol–water partition coefficient (Wildman–Crippen LogP) is 1.04. The normalized spacial score (nSPS) is 14.3. The van der Waals surface area contributed by atoms with Crippen LogP contribution in [0, 0.1) is 6.92 Å². The Hall–Kier alpha value is -4.15. The highest BCUT2D eigenvalue weighted by Gasteiger charge is 2.34. The average Bonchev–Trinajstić information content (AvgIpc) is 2.95. The summed E-state index contributed by atoms with van der Waals surface area (Å²) in [5, 5.41) is 3.41. The lowest BCUT2D eigenvalue weighted by molar-refractivity contribution is 0.127. The summed E-state index contributed by atoms with van der Waals surface area (Å²) in [6.45, 7) is 3.15. The quantitative estimate of drug-likeness (QED) is 0.0981. The van der Waals surface area contributed by atoms with Crippen molar-refractivity contribution in [2.75, 3.05) is 44.3 Å². The van der Waals surface area contributed by atoms with E-state index in [1.807, 2.05) is 4.90 Å². The van der Waals surface area contributed by atoms with E-state index in [4.69, 9.17) is 25.2 Å². The lowest BCUT2D eigenvalue weighted by Gasteiger charge is -2.34. The average molecular weight is 606 g/mol. The summed E-state index contributed by atoms with van der Waals surface area (Å²) >= 11 is 0. The molecule has 220 valence electrons. The van der Waals surface area contributed by atoms with E-state index < -0.39 is 25.0 Å². The fourth-order valence-electron chi connectivity index (χ4n) is 4.04. The number of sulfonamides is 1. The first-order chi connectivity index (χ1) is 19.6. The third-order valence-corrected chi connectivity index (χ3v) is 9.25. The number of hydrogen-bond acceptors (Lipinski definition) is 11. The van der Waals surface area contributed by atoms with E-state index in [1.165, 1.54) is 40.7 Å². The molecule has 1 fully saturated rings. The summed E-state index contributed by atoms with van der Waals surface area (Å²) in [5.41, 5.74) is 11.0. The van der Waals surface area contributed by atoms with E-state index in [0.717, 1.165) is 0 Å². The number of piperazine rings is 1. The number of ether oxygens (including phenoxy) is 1. The Labute approximate surface area is 238 Å². The van der Waals surface area contributed by atoms with Crippen molar-refractivity contribution < 1.29 is 30.6 Å². The van der Waals surface area contributed by atoms with Crippen molar-refractivity contribution in [3.8, 4) is 11.5 Å². The van der Waals surface area contributed by atoms with Crippen LogP contribution in [-0.2, 0) is 25.0 Å². The summed E-state index contributed by atoms with van der Waals surface area (Å²) in [6, 6.07) is 11.7. The first-order valence-electron chi connectivity index (χ1n) is 12.6. The van der Waals surface area contributed by atoms with E-state index in [2.05, 4.69) is 15.1 Å². The molecular formula is C25H31N7O7S2. The second-order valence-electron chi connectivity index (χ2n) is 8.96. The maximum atomic E-state index is 13.6. The number of nitrogens with zero attached hydrogens (tertiary/aromatic N) is 5. The number of guanidine groups is 1. The van der Waals surface area contributed by atoms with Gasteiger partial charge in [-0.25, -0.2) is 18.4 Å². The Morgan fingerprint density at radius 2 is 1.56 bits per heavy atom. The van der Waals surface area contributed by atoms with Gasteiger partial charge in [0.15, 0.2) is 0 Å². The number of aryl methyl sites for hydroxylation is 1. The van der Waals surface area contributed by atoms with Crippen molar-refractivity contribution in [2.24, 2.45) is 16.6 Å². The van der Waals surface area contributed by atoms with Gasteiger partial charge >= 0.3 is 10.1 Å². The molecule has 1 aliphatic rings. The number of aromatic nitrogens is 2. The molecule has 4 N–H and O–H groups in total. The number of benzene rings is 2. The first-order valence-corrected chi connectivity index (χ1v) is 15.4. The van der Waals surface area contributed by atoms with Crippen LogP contribution in [0.1, 0.15) is 12.0 Å². The number of rotatable bonds is 12. The highest BCUT2D eigenvalue weighted by molar-refractivity contribution is 7.91. The molecule has 4 rings (SSSR count). The van der Waals surface area contributed by atoms with Crippen molar-refractivity contribution in [3.63, 3.8) is 0 Å². The van der Waals surface area contributed by atoms with Gasteiger partial charge < -0.3 is 30.1 Å². The van der Waals surface area contributed by atoms with Crippen LogP contribution >= 0.6 is 0 Å². The molecule has 0 bridgehead atoms. The van der Waals surface area contributed by atoms with Crippen LogP contribution < -0.4 is 25.3 Å². The Kier molecular flexibility index (Phi) is 9.46. The fraction of sp³-hybridized carbons (Fsp3) is 0.320. The molecule has 3 aromatic rings. The van der Waals surface area contributed by atoms with Gasteiger partial charge in [-0.3, -0.25) is 0 Å². The number of oxime groups is 1. The Morgan fingerprint density at radius 3 is 2.24 bits per heavy atom. The smallest absolute Gasteiger partial charge is 0.340 e.